The molecular formula is C13H9N3O2. The zero-order valence-corrected chi connectivity index (χ0v) is 9.29. The third-order valence-electron chi connectivity index (χ3n) is 2.29. The van der Waals surface area contributed by atoms with E-state index in [1.165, 1.54) is 0 Å². The Kier molecular flexibility index (Phi) is 3.21. The zero-order valence-electron chi connectivity index (χ0n) is 9.29. The quantitative estimate of drug-likeness (QED) is 0.843. The zero-order chi connectivity index (χ0) is 13.0. The van der Waals surface area contributed by atoms with Crippen molar-refractivity contribution in [2.75, 3.05) is 5.32 Å². The summed E-state index contributed by atoms with van der Waals surface area (Å²) in [4.78, 5) is 14.7. The lowest BCUT2D eigenvalue weighted by Gasteiger charge is -2.04. The van der Waals surface area contributed by atoms with Gasteiger partial charge in [-0.15, -0.1) is 0 Å². The number of nitrogens with zero attached hydrogens (tertiary/aromatic N) is 2. The van der Waals surface area contributed by atoms with Crippen molar-refractivity contribution in [2.45, 2.75) is 0 Å². The van der Waals surface area contributed by atoms with Crippen molar-refractivity contribution in [2.24, 2.45) is 0 Å². The lowest BCUT2D eigenvalue weighted by atomic mass is 10.1. The minimum absolute atomic E-state index is 0.268. The monoisotopic (exact) mass is 239 g/mol. The van der Waals surface area contributed by atoms with Crippen LogP contribution in [0.15, 0.2) is 42.5 Å². The molecule has 5 nitrogen and oxygen atoms in total. The van der Waals surface area contributed by atoms with Crippen molar-refractivity contribution in [3.63, 3.8) is 0 Å². The van der Waals surface area contributed by atoms with Gasteiger partial charge in [0.25, 0.3) is 0 Å². The van der Waals surface area contributed by atoms with Crippen LogP contribution in [0.5, 0.6) is 0 Å². The molecule has 1 aromatic carbocycles. The standard InChI is InChI=1S/C13H9N3O2/c14-8-9-4-6-10(7-5-9)11-2-1-3-12(15-11)16-13(17)18/h1-7H,(H,15,16)(H,17,18). The number of amides is 1. The molecule has 2 rings (SSSR count). The predicted molar refractivity (Wildman–Crippen MR) is 66.0 cm³/mol. The Morgan fingerprint density at radius 2 is 1.94 bits per heavy atom. The van der Waals surface area contributed by atoms with E-state index in [9.17, 15) is 4.79 Å². The van der Waals surface area contributed by atoms with Gasteiger partial charge < -0.3 is 5.11 Å². The first-order valence-corrected chi connectivity index (χ1v) is 5.16. The molecule has 0 radical (unpaired) electrons. The Labute approximate surface area is 103 Å². The number of carbonyl (C=O) groups is 1. The van der Waals surface area contributed by atoms with Crippen LogP contribution in [0, 0.1) is 11.3 Å². The second-order valence-corrected chi connectivity index (χ2v) is 3.53. The van der Waals surface area contributed by atoms with E-state index in [4.69, 9.17) is 10.4 Å². The van der Waals surface area contributed by atoms with E-state index >= 15 is 0 Å². The molecule has 5 heteroatoms. The van der Waals surface area contributed by atoms with Gasteiger partial charge in [-0.2, -0.15) is 5.26 Å². The largest absolute Gasteiger partial charge is 0.465 e. The Morgan fingerprint density at radius 3 is 2.56 bits per heavy atom. The molecule has 2 aromatic rings. The Bertz CT molecular complexity index is 615. The van der Waals surface area contributed by atoms with E-state index in [1.807, 2.05) is 6.07 Å². The summed E-state index contributed by atoms with van der Waals surface area (Å²) in [5.74, 6) is 0.268. The molecule has 0 unspecified atom stereocenters. The first kappa shape index (κ1) is 11.6. The summed E-state index contributed by atoms with van der Waals surface area (Å²) in [6.07, 6.45) is -1.15. The summed E-state index contributed by atoms with van der Waals surface area (Å²) >= 11 is 0. The molecule has 0 atom stereocenters. The average molecular weight is 239 g/mol. The maximum absolute atomic E-state index is 10.5. The van der Waals surface area contributed by atoms with Crippen molar-refractivity contribution < 1.29 is 9.90 Å². The van der Waals surface area contributed by atoms with E-state index in [0.717, 1.165) is 5.56 Å². The molecule has 0 aliphatic heterocycles. The summed E-state index contributed by atoms with van der Waals surface area (Å²) in [5, 5.41) is 19.5. The van der Waals surface area contributed by atoms with Gasteiger partial charge in [-0.1, -0.05) is 18.2 Å². The van der Waals surface area contributed by atoms with E-state index in [-0.39, 0.29) is 5.82 Å². The highest BCUT2D eigenvalue weighted by molar-refractivity contribution is 5.81. The Morgan fingerprint density at radius 1 is 1.22 bits per heavy atom. The summed E-state index contributed by atoms with van der Waals surface area (Å²) < 4.78 is 0. The highest BCUT2D eigenvalue weighted by Crippen LogP contribution is 2.19. The van der Waals surface area contributed by atoms with Crippen molar-refractivity contribution in [1.29, 1.82) is 5.26 Å². The van der Waals surface area contributed by atoms with Crippen LogP contribution in [-0.4, -0.2) is 16.2 Å². The third kappa shape index (κ3) is 2.62. The van der Waals surface area contributed by atoms with Crippen LogP contribution in [0.3, 0.4) is 0 Å². The molecule has 1 aromatic heterocycles. The van der Waals surface area contributed by atoms with Gasteiger partial charge in [0.05, 0.1) is 17.3 Å². The molecule has 1 heterocycles. The lowest BCUT2D eigenvalue weighted by Crippen LogP contribution is -2.08. The first-order chi connectivity index (χ1) is 8.69. The van der Waals surface area contributed by atoms with Crippen LogP contribution in [-0.2, 0) is 0 Å². The molecule has 0 fully saturated rings. The minimum atomic E-state index is -1.15. The van der Waals surface area contributed by atoms with Gasteiger partial charge in [0, 0.05) is 5.56 Å². The molecule has 0 saturated carbocycles. The number of carboxylic acid groups (broad SMARTS) is 1. The maximum Gasteiger partial charge on any atom is 0.410 e. The van der Waals surface area contributed by atoms with Crippen LogP contribution in [0.4, 0.5) is 10.6 Å². The molecule has 1 amide bonds. The third-order valence-corrected chi connectivity index (χ3v) is 2.29. The SMILES string of the molecule is N#Cc1ccc(-c2cccc(NC(=O)O)n2)cc1. The van der Waals surface area contributed by atoms with Crippen LogP contribution in [0.1, 0.15) is 5.56 Å². The van der Waals surface area contributed by atoms with Crippen molar-refractivity contribution in [3.8, 4) is 17.3 Å². The van der Waals surface area contributed by atoms with E-state index < -0.39 is 6.09 Å². The minimum Gasteiger partial charge on any atom is -0.465 e. The second kappa shape index (κ2) is 4.97. The molecule has 2 N–H and O–H groups in total. The fraction of sp³-hybridized carbons (Fsp3) is 0. The number of hydrogen-bond donors (Lipinski definition) is 2. The Balaban J connectivity index is 2.32. The number of rotatable bonds is 2. The van der Waals surface area contributed by atoms with Gasteiger partial charge in [-0.3, -0.25) is 5.32 Å². The van der Waals surface area contributed by atoms with Crippen LogP contribution in [0.2, 0.25) is 0 Å². The highest BCUT2D eigenvalue weighted by atomic mass is 16.4. The molecule has 88 valence electrons. The van der Waals surface area contributed by atoms with E-state index in [1.54, 1.807) is 42.5 Å². The summed E-state index contributed by atoms with van der Waals surface area (Å²) in [6.45, 7) is 0. The fourth-order valence-corrected chi connectivity index (χ4v) is 1.49. The summed E-state index contributed by atoms with van der Waals surface area (Å²) in [7, 11) is 0. The highest BCUT2D eigenvalue weighted by Gasteiger charge is 2.03. The number of aromatic nitrogens is 1. The second-order valence-electron chi connectivity index (χ2n) is 3.53. The van der Waals surface area contributed by atoms with Gasteiger partial charge in [0.2, 0.25) is 0 Å². The van der Waals surface area contributed by atoms with E-state index in [0.29, 0.717) is 11.3 Å². The fourth-order valence-electron chi connectivity index (χ4n) is 1.49. The summed E-state index contributed by atoms with van der Waals surface area (Å²) in [6, 6.07) is 14.0. The normalized spacial score (nSPS) is 9.50. The van der Waals surface area contributed by atoms with Crippen LogP contribution in [0.25, 0.3) is 11.3 Å². The van der Waals surface area contributed by atoms with Crippen LogP contribution < -0.4 is 5.32 Å². The van der Waals surface area contributed by atoms with Gasteiger partial charge in [-0.25, -0.2) is 9.78 Å². The van der Waals surface area contributed by atoms with Crippen molar-refractivity contribution >= 4 is 11.9 Å². The number of benzene rings is 1. The number of nitrogens with one attached hydrogen (secondary N) is 1. The smallest absolute Gasteiger partial charge is 0.410 e. The van der Waals surface area contributed by atoms with E-state index in [2.05, 4.69) is 10.3 Å². The molecule has 0 aliphatic rings. The number of hydrogen-bond acceptors (Lipinski definition) is 3. The summed E-state index contributed by atoms with van der Waals surface area (Å²) in [5.41, 5.74) is 2.03. The molecule has 0 saturated heterocycles. The van der Waals surface area contributed by atoms with Gasteiger partial charge in [0.15, 0.2) is 0 Å². The maximum atomic E-state index is 10.5. The average Bonchev–Trinajstić information content (AvgIpc) is 2.38. The molecule has 0 bridgehead atoms. The predicted octanol–water partition coefficient (Wildman–Crippen LogP) is 2.71. The van der Waals surface area contributed by atoms with Gasteiger partial charge in [0.1, 0.15) is 5.82 Å². The van der Waals surface area contributed by atoms with Crippen molar-refractivity contribution in [1.82, 2.24) is 4.98 Å². The van der Waals surface area contributed by atoms with Gasteiger partial charge >= 0.3 is 6.09 Å². The molecule has 0 aliphatic carbocycles. The topological polar surface area (TPSA) is 86.0 Å². The van der Waals surface area contributed by atoms with Gasteiger partial charge in [-0.05, 0) is 24.3 Å². The number of pyridine rings is 1. The molecular weight excluding hydrogens is 230 g/mol. The number of nitriles is 1. The first-order valence-electron chi connectivity index (χ1n) is 5.16. The molecule has 0 spiro atoms. The lowest BCUT2D eigenvalue weighted by molar-refractivity contribution is 0.209. The number of anilines is 1. The Hall–Kier alpha value is -2.87. The van der Waals surface area contributed by atoms with Crippen molar-refractivity contribution in [3.05, 3.63) is 48.0 Å². The molecule has 18 heavy (non-hydrogen) atoms. The van der Waals surface area contributed by atoms with Crippen LogP contribution >= 0.6 is 0 Å².